The zero-order valence-corrected chi connectivity index (χ0v) is 9.94. The van der Waals surface area contributed by atoms with E-state index in [4.69, 9.17) is 0 Å². The summed E-state index contributed by atoms with van der Waals surface area (Å²) in [7, 11) is 0. The second-order valence-electron chi connectivity index (χ2n) is 4.55. The zero-order chi connectivity index (χ0) is 11.5. The van der Waals surface area contributed by atoms with Crippen molar-refractivity contribution >= 4 is 0 Å². The van der Waals surface area contributed by atoms with Crippen molar-refractivity contribution in [1.82, 2.24) is 15.1 Å². The van der Waals surface area contributed by atoms with Crippen LogP contribution in [0.4, 0.5) is 0 Å². The van der Waals surface area contributed by atoms with E-state index in [1.165, 1.54) is 12.8 Å². The van der Waals surface area contributed by atoms with Gasteiger partial charge < -0.3 is 5.32 Å². The lowest BCUT2D eigenvalue weighted by molar-refractivity contribution is 0.387. The number of rotatable bonds is 5. The maximum Gasteiger partial charge on any atom is 0.267 e. The summed E-state index contributed by atoms with van der Waals surface area (Å²) < 4.78 is 1.57. The summed E-state index contributed by atoms with van der Waals surface area (Å²) in [4.78, 5) is 11.7. The Kier molecular flexibility index (Phi) is 3.39. The predicted octanol–water partition coefficient (Wildman–Crippen LogP) is 0.940. The molecule has 0 spiro atoms. The smallest absolute Gasteiger partial charge is 0.267 e. The highest BCUT2D eigenvalue weighted by atomic mass is 16.1. The van der Waals surface area contributed by atoms with Crippen molar-refractivity contribution in [3.8, 4) is 0 Å². The number of nitrogens with zero attached hydrogens (tertiary/aromatic N) is 2. The Hall–Kier alpha value is -1.16. The molecule has 0 aromatic carbocycles. The average molecular weight is 221 g/mol. The number of likely N-dealkylation sites (N-methyl/N-ethyl adjacent to an activating group) is 1. The minimum absolute atomic E-state index is 0.00329. The molecule has 1 fully saturated rings. The second-order valence-corrected chi connectivity index (χ2v) is 4.55. The van der Waals surface area contributed by atoms with Crippen molar-refractivity contribution in [2.24, 2.45) is 5.92 Å². The molecule has 1 aromatic rings. The standard InChI is InChI=1S/C12H19N3O/c1-3-13-11(10-4-5-10)8-15-12(16)6-9(2)7-14-15/h6-7,10-11,13H,3-5,8H2,1-2H3. The molecule has 16 heavy (non-hydrogen) atoms. The first-order valence-corrected chi connectivity index (χ1v) is 5.98. The molecule has 1 saturated carbocycles. The van der Waals surface area contributed by atoms with E-state index in [-0.39, 0.29) is 5.56 Å². The minimum Gasteiger partial charge on any atom is -0.312 e. The van der Waals surface area contributed by atoms with Crippen LogP contribution < -0.4 is 10.9 Å². The highest BCUT2D eigenvalue weighted by molar-refractivity contribution is 5.02. The van der Waals surface area contributed by atoms with Gasteiger partial charge in [-0.15, -0.1) is 0 Å². The molecule has 0 amide bonds. The highest BCUT2D eigenvalue weighted by Gasteiger charge is 2.31. The molecule has 1 heterocycles. The van der Waals surface area contributed by atoms with Crippen molar-refractivity contribution in [3.05, 3.63) is 28.2 Å². The molecular weight excluding hydrogens is 202 g/mol. The topological polar surface area (TPSA) is 46.9 Å². The molecule has 4 nitrogen and oxygen atoms in total. The predicted molar refractivity (Wildman–Crippen MR) is 63.4 cm³/mol. The number of nitrogens with one attached hydrogen (secondary N) is 1. The van der Waals surface area contributed by atoms with Gasteiger partial charge in [-0.2, -0.15) is 5.10 Å². The van der Waals surface area contributed by atoms with E-state index in [1.54, 1.807) is 16.9 Å². The summed E-state index contributed by atoms with van der Waals surface area (Å²) in [5.74, 6) is 0.731. The van der Waals surface area contributed by atoms with Crippen molar-refractivity contribution in [3.63, 3.8) is 0 Å². The Morgan fingerprint density at radius 2 is 2.38 bits per heavy atom. The highest BCUT2D eigenvalue weighted by Crippen LogP contribution is 2.32. The Balaban J connectivity index is 2.08. The van der Waals surface area contributed by atoms with Crippen LogP contribution in [-0.2, 0) is 6.54 Å². The number of aryl methyl sites for hydroxylation is 1. The molecule has 0 aliphatic heterocycles. The summed E-state index contributed by atoms with van der Waals surface area (Å²) in [6.45, 7) is 5.63. The molecule has 2 rings (SSSR count). The SMILES string of the molecule is CCNC(Cn1ncc(C)cc1=O)C1CC1. The molecule has 88 valence electrons. The minimum atomic E-state index is 0.00329. The molecule has 1 N–H and O–H groups in total. The van der Waals surface area contributed by atoms with Crippen LogP contribution >= 0.6 is 0 Å². The quantitative estimate of drug-likeness (QED) is 0.805. The maximum absolute atomic E-state index is 11.7. The number of aromatic nitrogens is 2. The monoisotopic (exact) mass is 221 g/mol. The van der Waals surface area contributed by atoms with Gasteiger partial charge >= 0.3 is 0 Å². The summed E-state index contributed by atoms with van der Waals surface area (Å²) in [6, 6.07) is 2.04. The largest absolute Gasteiger partial charge is 0.312 e. The van der Waals surface area contributed by atoms with E-state index in [1.807, 2.05) is 6.92 Å². The van der Waals surface area contributed by atoms with Gasteiger partial charge in [0.1, 0.15) is 0 Å². The van der Waals surface area contributed by atoms with Gasteiger partial charge in [-0.3, -0.25) is 4.79 Å². The molecule has 0 saturated heterocycles. The van der Waals surface area contributed by atoms with Crippen molar-refractivity contribution in [2.75, 3.05) is 6.54 Å². The fourth-order valence-corrected chi connectivity index (χ4v) is 1.99. The van der Waals surface area contributed by atoms with Crippen LogP contribution in [-0.4, -0.2) is 22.4 Å². The molecule has 1 atom stereocenters. The fraction of sp³-hybridized carbons (Fsp3) is 0.667. The van der Waals surface area contributed by atoms with Crippen molar-refractivity contribution in [1.29, 1.82) is 0 Å². The van der Waals surface area contributed by atoms with Gasteiger partial charge in [0.15, 0.2) is 0 Å². The van der Waals surface area contributed by atoms with E-state index >= 15 is 0 Å². The molecule has 1 unspecified atom stereocenters. The Bertz CT molecular complexity index is 409. The van der Waals surface area contributed by atoms with E-state index < -0.39 is 0 Å². The maximum atomic E-state index is 11.7. The average Bonchev–Trinajstić information content (AvgIpc) is 3.04. The first-order chi connectivity index (χ1) is 7.70. The summed E-state index contributed by atoms with van der Waals surface area (Å²) in [6.07, 6.45) is 4.30. The molecule has 1 aliphatic rings. The van der Waals surface area contributed by atoms with E-state index in [2.05, 4.69) is 17.3 Å². The molecule has 1 aliphatic carbocycles. The van der Waals surface area contributed by atoms with Gasteiger partial charge in [0, 0.05) is 12.1 Å². The lowest BCUT2D eigenvalue weighted by Crippen LogP contribution is -2.38. The lowest BCUT2D eigenvalue weighted by Gasteiger charge is -2.17. The Morgan fingerprint density at radius 3 is 2.94 bits per heavy atom. The summed E-state index contributed by atoms with van der Waals surface area (Å²) >= 11 is 0. The van der Waals surface area contributed by atoms with Gasteiger partial charge in [-0.25, -0.2) is 4.68 Å². The van der Waals surface area contributed by atoms with Gasteiger partial charge in [0.25, 0.3) is 5.56 Å². The van der Waals surface area contributed by atoms with Crippen LogP contribution in [0.2, 0.25) is 0 Å². The third-order valence-corrected chi connectivity index (χ3v) is 3.03. The second kappa shape index (κ2) is 4.78. The van der Waals surface area contributed by atoms with Crippen LogP contribution in [0.15, 0.2) is 17.1 Å². The third kappa shape index (κ3) is 2.70. The summed E-state index contributed by atoms with van der Waals surface area (Å²) in [5.41, 5.74) is 0.927. The van der Waals surface area contributed by atoms with Crippen molar-refractivity contribution in [2.45, 2.75) is 39.3 Å². The fourth-order valence-electron chi connectivity index (χ4n) is 1.99. The third-order valence-electron chi connectivity index (χ3n) is 3.03. The Morgan fingerprint density at radius 1 is 1.62 bits per heavy atom. The van der Waals surface area contributed by atoms with Crippen LogP contribution in [0.25, 0.3) is 0 Å². The zero-order valence-electron chi connectivity index (χ0n) is 9.94. The van der Waals surface area contributed by atoms with Gasteiger partial charge in [-0.1, -0.05) is 6.92 Å². The molecular formula is C12H19N3O. The van der Waals surface area contributed by atoms with Gasteiger partial charge in [0.05, 0.1) is 12.7 Å². The van der Waals surface area contributed by atoms with E-state index in [9.17, 15) is 4.79 Å². The van der Waals surface area contributed by atoms with E-state index in [0.29, 0.717) is 12.6 Å². The number of hydrogen-bond donors (Lipinski definition) is 1. The van der Waals surface area contributed by atoms with E-state index in [0.717, 1.165) is 18.0 Å². The molecule has 4 heteroatoms. The summed E-state index contributed by atoms with van der Waals surface area (Å²) in [5, 5.41) is 7.61. The van der Waals surface area contributed by atoms with Crippen LogP contribution in [0, 0.1) is 12.8 Å². The first kappa shape index (κ1) is 11.3. The van der Waals surface area contributed by atoms with Gasteiger partial charge in [-0.05, 0) is 37.8 Å². The number of hydrogen-bond acceptors (Lipinski definition) is 3. The van der Waals surface area contributed by atoms with Crippen LogP contribution in [0.3, 0.4) is 0 Å². The first-order valence-electron chi connectivity index (χ1n) is 5.98. The molecule has 1 aromatic heterocycles. The lowest BCUT2D eigenvalue weighted by atomic mass is 10.2. The van der Waals surface area contributed by atoms with Crippen LogP contribution in [0.5, 0.6) is 0 Å². The molecule has 0 radical (unpaired) electrons. The normalized spacial score (nSPS) is 17.4. The van der Waals surface area contributed by atoms with Crippen LogP contribution in [0.1, 0.15) is 25.3 Å². The Labute approximate surface area is 95.7 Å². The van der Waals surface area contributed by atoms with Gasteiger partial charge in [0.2, 0.25) is 0 Å². The van der Waals surface area contributed by atoms with Crippen molar-refractivity contribution < 1.29 is 0 Å². The molecule has 0 bridgehead atoms.